The van der Waals surface area contributed by atoms with Crippen molar-refractivity contribution in [3.8, 4) is 10.9 Å². The van der Waals surface area contributed by atoms with Crippen molar-refractivity contribution in [2.75, 3.05) is 5.32 Å². The number of amides is 1. The summed E-state index contributed by atoms with van der Waals surface area (Å²) < 4.78 is 8.99. The molecule has 2 aromatic heterocycles. The SMILES string of the molecule is Cc1ccccc1COc1cccc([C@@H]2CC(=O)Nc3c2c(C)nn3-c2nc3ccccc3s2)c1. The van der Waals surface area contributed by atoms with Gasteiger partial charge in [0, 0.05) is 17.9 Å². The van der Waals surface area contributed by atoms with Gasteiger partial charge in [0.2, 0.25) is 11.0 Å². The monoisotopic (exact) mass is 480 g/mol. The zero-order valence-electron chi connectivity index (χ0n) is 19.5. The lowest BCUT2D eigenvalue weighted by Crippen LogP contribution is -2.25. The van der Waals surface area contributed by atoms with Crippen molar-refractivity contribution in [1.29, 1.82) is 0 Å². The first-order valence-electron chi connectivity index (χ1n) is 11.6. The number of hydrogen-bond donors (Lipinski definition) is 1. The largest absolute Gasteiger partial charge is 0.489 e. The first kappa shape index (κ1) is 21.6. The van der Waals surface area contributed by atoms with Crippen LogP contribution in [0.4, 0.5) is 5.82 Å². The molecule has 0 spiro atoms. The van der Waals surface area contributed by atoms with Crippen molar-refractivity contribution in [1.82, 2.24) is 14.8 Å². The summed E-state index contributed by atoms with van der Waals surface area (Å²) in [4.78, 5) is 17.6. The maximum atomic E-state index is 12.8. The number of thiazole rings is 1. The van der Waals surface area contributed by atoms with Gasteiger partial charge in [-0.15, -0.1) is 0 Å². The van der Waals surface area contributed by atoms with E-state index in [0.717, 1.165) is 43.5 Å². The maximum Gasteiger partial charge on any atom is 0.226 e. The summed E-state index contributed by atoms with van der Waals surface area (Å²) in [6, 6.07) is 24.3. The van der Waals surface area contributed by atoms with Gasteiger partial charge >= 0.3 is 0 Å². The number of carbonyl (C=O) groups is 1. The molecule has 1 atom stereocenters. The van der Waals surface area contributed by atoms with Crippen LogP contribution < -0.4 is 10.1 Å². The number of anilines is 1. The summed E-state index contributed by atoms with van der Waals surface area (Å²) in [6.45, 7) is 4.58. The molecule has 6 rings (SSSR count). The number of nitrogens with one attached hydrogen (secondary N) is 1. The lowest BCUT2D eigenvalue weighted by molar-refractivity contribution is -0.116. The van der Waals surface area contributed by atoms with Gasteiger partial charge in [-0.3, -0.25) is 4.79 Å². The molecule has 0 radical (unpaired) electrons. The molecule has 0 saturated heterocycles. The van der Waals surface area contributed by atoms with E-state index in [4.69, 9.17) is 14.8 Å². The molecule has 35 heavy (non-hydrogen) atoms. The predicted octanol–water partition coefficient (Wildman–Crippen LogP) is 6.15. The number of nitrogens with zero attached hydrogens (tertiary/aromatic N) is 3. The molecule has 1 aliphatic rings. The molecule has 1 N–H and O–H groups in total. The second kappa shape index (κ2) is 8.67. The Hall–Kier alpha value is -3.97. The molecule has 0 saturated carbocycles. The Bertz CT molecular complexity index is 1540. The third kappa shape index (κ3) is 3.98. The van der Waals surface area contributed by atoms with Crippen LogP contribution in [0.2, 0.25) is 0 Å². The number of aryl methyl sites for hydroxylation is 2. The highest BCUT2D eigenvalue weighted by Crippen LogP contribution is 2.41. The lowest BCUT2D eigenvalue weighted by Gasteiger charge is -2.24. The zero-order chi connectivity index (χ0) is 23.9. The molecule has 5 aromatic rings. The average Bonchev–Trinajstić information content (AvgIpc) is 3.44. The standard InChI is InChI=1S/C28H24N4O2S/c1-17-8-3-4-9-20(17)16-34-21-11-7-10-19(14-21)22-15-25(33)30-27-26(22)18(2)31-32(27)28-29-23-12-5-6-13-24(23)35-28/h3-14,22H,15-16H2,1-2H3,(H,30,33)/t22-/m0/s1. The normalized spacial score (nSPS) is 15.1. The minimum Gasteiger partial charge on any atom is -0.489 e. The van der Waals surface area contributed by atoms with Crippen LogP contribution in [0.3, 0.4) is 0 Å². The fourth-order valence-electron chi connectivity index (χ4n) is 4.68. The summed E-state index contributed by atoms with van der Waals surface area (Å²) >= 11 is 1.56. The van der Waals surface area contributed by atoms with E-state index >= 15 is 0 Å². The molecular formula is C28H24N4O2S. The number of para-hydroxylation sites is 1. The van der Waals surface area contributed by atoms with E-state index in [1.807, 2.05) is 61.5 Å². The van der Waals surface area contributed by atoms with Gasteiger partial charge in [0.05, 0.1) is 15.9 Å². The van der Waals surface area contributed by atoms with Crippen molar-refractivity contribution >= 4 is 33.3 Å². The number of hydrogen-bond acceptors (Lipinski definition) is 5. The summed E-state index contributed by atoms with van der Waals surface area (Å²) in [5.41, 5.74) is 6.23. The minimum absolute atomic E-state index is 0.0315. The van der Waals surface area contributed by atoms with Crippen LogP contribution in [-0.4, -0.2) is 20.7 Å². The number of ether oxygens (including phenoxy) is 1. The quantitative estimate of drug-likeness (QED) is 0.327. The van der Waals surface area contributed by atoms with Crippen molar-refractivity contribution in [3.05, 3.63) is 101 Å². The molecule has 6 nitrogen and oxygen atoms in total. The van der Waals surface area contributed by atoms with Gasteiger partial charge in [-0.25, -0.2) is 4.98 Å². The topological polar surface area (TPSA) is 69.0 Å². The van der Waals surface area contributed by atoms with Gasteiger partial charge in [0.25, 0.3) is 0 Å². The molecule has 0 fully saturated rings. The van der Waals surface area contributed by atoms with Crippen LogP contribution >= 0.6 is 11.3 Å². The van der Waals surface area contributed by atoms with Gasteiger partial charge in [0.1, 0.15) is 18.2 Å². The number of aromatic nitrogens is 3. The number of carbonyl (C=O) groups excluding carboxylic acids is 1. The third-order valence-electron chi connectivity index (χ3n) is 6.48. The van der Waals surface area contributed by atoms with E-state index in [-0.39, 0.29) is 11.8 Å². The summed E-state index contributed by atoms with van der Waals surface area (Å²) in [7, 11) is 0. The molecule has 0 aliphatic carbocycles. The van der Waals surface area contributed by atoms with Crippen molar-refractivity contribution < 1.29 is 9.53 Å². The fourth-order valence-corrected chi connectivity index (χ4v) is 5.60. The Balaban J connectivity index is 1.35. The second-order valence-electron chi connectivity index (χ2n) is 8.82. The van der Waals surface area contributed by atoms with Crippen LogP contribution in [0.25, 0.3) is 15.3 Å². The molecule has 1 aliphatic heterocycles. The van der Waals surface area contributed by atoms with Gasteiger partial charge in [-0.2, -0.15) is 9.78 Å². The Morgan fingerprint density at radius 3 is 2.74 bits per heavy atom. The van der Waals surface area contributed by atoms with E-state index in [1.54, 1.807) is 16.0 Å². The Morgan fingerprint density at radius 2 is 1.89 bits per heavy atom. The molecule has 0 bridgehead atoms. The molecule has 1 amide bonds. The number of rotatable bonds is 5. The van der Waals surface area contributed by atoms with E-state index in [0.29, 0.717) is 18.8 Å². The van der Waals surface area contributed by atoms with Crippen molar-refractivity contribution in [2.45, 2.75) is 32.8 Å². The first-order chi connectivity index (χ1) is 17.1. The van der Waals surface area contributed by atoms with Crippen LogP contribution in [0.1, 0.15) is 40.3 Å². The van der Waals surface area contributed by atoms with E-state index in [9.17, 15) is 4.79 Å². The van der Waals surface area contributed by atoms with Crippen molar-refractivity contribution in [2.24, 2.45) is 0 Å². The highest BCUT2D eigenvalue weighted by molar-refractivity contribution is 7.20. The Morgan fingerprint density at radius 1 is 1.06 bits per heavy atom. The highest BCUT2D eigenvalue weighted by Gasteiger charge is 2.33. The van der Waals surface area contributed by atoms with Crippen LogP contribution in [0, 0.1) is 13.8 Å². The fraction of sp³-hybridized carbons (Fsp3) is 0.179. The van der Waals surface area contributed by atoms with Crippen LogP contribution in [0.15, 0.2) is 72.8 Å². The third-order valence-corrected chi connectivity index (χ3v) is 7.49. The Kier molecular flexibility index (Phi) is 5.34. The summed E-state index contributed by atoms with van der Waals surface area (Å²) in [5, 5.41) is 8.59. The minimum atomic E-state index is -0.108. The summed E-state index contributed by atoms with van der Waals surface area (Å²) in [5.74, 6) is 1.35. The van der Waals surface area contributed by atoms with E-state index in [1.165, 1.54) is 5.56 Å². The molecular weight excluding hydrogens is 456 g/mol. The summed E-state index contributed by atoms with van der Waals surface area (Å²) in [6.07, 6.45) is 0.362. The zero-order valence-corrected chi connectivity index (χ0v) is 20.3. The van der Waals surface area contributed by atoms with Gasteiger partial charge in [-0.1, -0.05) is 59.9 Å². The molecule has 0 unspecified atom stereocenters. The maximum absolute atomic E-state index is 12.8. The van der Waals surface area contributed by atoms with Crippen molar-refractivity contribution in [3.63, 3.8) is 0 Å². The van der Waals surface area contributed by atoms with Crippen LogP contribution in [-0.2, 0) is 11.4 Å². The Labute approximate surface area is 207 Å². The van der Waals surface area contributed by atoms with E-state index in [2.05, 4.69) is 30.4 Å². The molecule has 174 valence electrons. The molecule has 7 heteroatoms. The van der Waals surface area contributed by atoms with Gasteiger partial charge < -0.3 is 10.1 Å². The predicted molar refractivity (Wildman–Crippen MR) is 139 cm³/mol. The number of benzene rings is 3. The lowest BCUT2D eigenvalue weighted by atomic mass is 9.86. The molecule has 3 heterocycles. The smallest absolute Gasteiger partial charge is 0.226 e. The van der Waals surface area contributed by atoms with E-state index < -0.39 is 0 Å². The van der Waals surface area contributed by atoms with Gasteiger partial charge in [-0.05, 0) is 54.8 Å². The van der Waals surface area contributed by atoms with Crippen LogP contribution in [0.5, 0.6) is 5.75 Å². The highest BCUT2D eigenvalue weighted by atomic mass is 32.1. The average molecular weight is 481 g/mol. The number of fused-ring (bicyclic) bond motifs is 2. The second-order valence-corrected chi connectivity index (χ2v) is 9.83. The van der Waals surface area contributed by atoms with Gasteiger partial charge in [0.15, 0.2) is 0 Å². The first-order valence-corrected chi connectivity index (χ1v) is 12.4. The molecule has 3 aromatic carbocycles.